The second-order valence-electron chi connectivity index (χ2n) is 5.28. The van der Waals surface area contributed by atoms with Crippen LogP contribution in [0.4, 0.5) is 0 Å². The SMILES string of the molecule is CCOc1cc(OCC)c(C(CC)N(CC)CC)c(OCC)c1. The van der Waals surface area contributed by atoms with Crippen LogP contribution >= 0.6 is 0 Å². The quantitative estimate of drug-likeness (QED) is 0.592. The van der Waals surface area contributed by atoms with E-state index in [2.05, 4.69) is 25.7 Å². The fourth-order valence-electron chi connectivity index (χ4n) is 3.01. The summed E-state index contributed by atoms with van der Waals surface area (Å²) in [5, 5.41) is 0. The summed E-state index contributed by atoms with van der Waals surface area (Å²) in [6, 6.07) is 4.28. The van der Waals surface area contributed by atoms with Gasteiger partial charge in [0.05, 0.1) is 25.4 Å². The molecule has 0 saturated carbocycles. The van der Waals surface area contributed by atoms with Gasteiger partial charge >= 0.3 is 0 Å². The van der Waals surface area contributed by atoms with Gasteiger partial charge in [-0.1, -0.05) is 20.8 Å². The Bertz CT molecular complexity index is 431. The van der Waals surface area contributed by atoms with E-state index in [4.69, 9.17) is 14.2 Å². The standard InChI is InChI=1S/C19H33NO3/c1-7-16(20(8-2)9-3)19-17(22-11-5)13-15(21-10-4)14-18(19)23-12-6/h13-14,16H,7-12H2,1-6H3. The van der Waals surface area contributed by atoms with E-state index in [0.29, 0.717) is 19.8 Å². The molecule has 132 valence electrons. The normalized spacial score (nSPS) is 12.3. The summed E-state index contributed by atoms with van der Waals surface area (Å²) in [5.74, 6) is 2.55. The van der Waals surface area contributed by atoms with Crippen LogP contribution in [0.25, 0.3) is 0 Å². The summed E-state index contributed by atoms with van der Waals surface area (Å²) in [7, 11) is 0. The van der Waals surface area contributed by atoms with Crippen LogP contribution in [-0.4, -0.2) is 37.8 Å². The third kappa shape index (κ3) is 5.03. The second kappa shape index (κ2) is 10.4. The monoisotopic (exact) mass is 323 g/mol. The predicted octanol–water partition coefficient (Wildman–Crippen LogP) is 4.68. The van der Waals surface area contributed by atoms with Crippen molar-refractivity contribution in [2.75, 3.05) is 32.9 Å². The Morgan fingerprint density at radius 3 is 1.61 bits per heavy atom. The van der Waals surface area contributed by atoms with Crippen molar-refractivity contribution in [1.82, 2.24) is 4.90 Å². The van der Waals surface area contributed by atoms with Crippen molar-refractivity contribution in [2.45, 2.75) is 54.0 Å². The number of benzene rings is 1. The van der Waals surface area contributed by atoms with Crippen LogP contribution in [-0.2, 0) is 0 Å². The summed E-state index contributed by atoms with van der Waals surface area (Å²) in [6.45, 7) is 16.5. The molecule has 0 bridgehead atoms. The highest BCUT2D eigenvalue weighted by molar-refractivity contribution is 5.52. The van der Waals surface area contributed by atoms with Crippen molar-refractivity contribution < 1.29 is 14.2 Å². The maximum atomic E-state index is 5.95. The van der Waals surface area contributed by atoms with E-state index in [1.165, 1.54) is 0 Å². The molecule has 1 aromatic rings. The van der Waals surface area contributed by atoms with E-state index in [9.17, 15) is 0 Å². The maximum absolute atomic E-state index is 5.95. The Kier molecular flexibility index (Phi) is 8.85. The zero-order chi connectivity index (χ0) is 17.2. The molecule has 1 rings (SSSR count). The molecule has 1 aromatic carbocycles. The molecular weight excluding hydrogens is 290 g/mol. The number of hydrogen-bond donors (Lipinski definition) is 0. The van der Waals surface area contributed by atoms with E-state index in [1.54, 1.807) is 0 Å². The van der Waals surface area contributed by atoms with Crippen molar-refractivity contribution in [2.24, 2.45) is 0 Å². The maximum Gasteiger partial charge on any atom is 0.131 e. The number of ether oxygens (including phenoxy) is 3. The smallest absolute Gasteiger partial charge is 0.131 e. The van der Waals surface area contributed by atoms with Gasteiger partial charge in [0.2, 0.25) is 0 Å². The first-order valence-electron chi connectivity index (χ1n) is 8.96. The van der Waals surface area contributed by atoms with Crippen LogP contribution in [0.5, 0.6) is 17.2 Å². The van der Waals surface area contributed by atoms with E-state index >= 15 is 0 Å². The number of hydrogen-bond acceptors (Lipinski definition) is 4. The lowest BCUT2D eigenvalue weighted by Gasteiger charge is -2.32. The van der Waals surface area contributed by atoms with E-state index < -0.39 is 0 Å². The highest BCUT2D eigenvalue weighted by Gasteiger charge is 2.25. The summed E-state index contributed by atoms with van der Waals surface area (Å²) in [6.07, 6.45) is 1.01. The van der Waals surface area contributed by atoms with E-state index in [0.717, 1.165) is 42.3 Å². The number of rotatable bonds is 11. The first-order valence-corrected chi connectivity index (χ1v) is 8.96. The van der Waals surface area contributed by atoms with Crippen molar-refractivity contribution >= 4 is 0 Å². The van der Waals surface area contributed by atoms with E-state index in [1.807, 2.05) is 32.9 Å². The fourth-order valence-corrected chi connectivity index (χ4v) is 3.01. The molecule has 0 heterocycles. The van der Waals surface area contributed by atoms with Crippen LogP contribution < -0.4 is 14.2 Å². The van der Waals surface area contributed by atoms with Gasteiger partial charge in [-0.25, -0.2) is 0 Å². The molecule has 0 fully saturated rings. The largest absolute Gasteiger partial charge is 0.494 e. The average molecular weight is 323 g/mol. The molecule has 4 nitrogen and oxygen atoms in total. The summed E-state index contributed by atoms with van der Waals surface area (Å²) >= 11 is 0. The fraction of sp³-hybridized carbons (Fsp3) is 0.684. The lowest BCUT2D eigenvalue weighted by molar-refractivity contribution is 0.198. The summed E-state index contributed by atoms with van der Waals surface area (Å²) in [5.41, 5.74) is 1.14. The minimum atomic E-state index is 0.281. The van der Waals surface area contributed by atoms with Crippen molar-refractivity contribution in [3.8, 4) is 17.2 Å². The Balaban J connectivity index is 3.43. The Hall–Kier alpha value is -1.42. The van der Waals surface area contributed by atoms with Crippen molar-refractivity contribution in [3.05, 3.63) is 17.7 Å². The molecular formula is C19H33NO3. The predicted molar refractivity (Wildman–Crippen MR) is 95.9 cm³/mol. The molecule has 0 aromatic heterocycles. The lowest BCUT2D eigenvalue weighted by Crippen LogP contribution is -2.29. The number of nitrogens with zero attached hydrogens (tertiary/aromatic N) is 1. The molecule has 0 radical (unpaired) electrons. The first kappa shape index (κ1) is 19.6. The topological polar surface area (TPSA) is 30.9 Å². The van der Waals surface area contributed by atoms with Crippen LogP contribution in [0.2, 0.25) is 0 Å². The lowest BCUT2D eigenvalue weighted by atomic mass is 9.99. The zero-order valence-electron chi connectivity index (χ0n) is 15.6. The molecule has 0 amide bonds. The highest BCUT2D eigenvalue weighted by Crippen LogP contribution is 2.42. The first-order chi connectivity index (χ1) is 11.2. The Morgan fingerprint density at radius 1 is 0.783 bits per heavy atom. The van der Waals surface area contributed by atoms with E-state index in [-0.39, 0.29) is 6.04 Å². The van der Waals surface area contributed by atoms with Gasteiger partial charge in [-0.3, -0.25) is 4.90 Å². The van der Waals surface area contributed by atoms with Gasteiger partial charge in [-0.15, -0.1) is 0 Å². The molecule has 0 N–H and O–H groups in total. The minimum Gasteiger partial charge on any atom is -0.494 e. The van der Waals surface area contributed by atoms with Crippen LogP contribution in [0.3, 0.4) is 0 Å². The Labute approximate surface area is 141 Å². The van der Waals surface area contributed by atoms with Gasteiger partial charge in [0, 0.05) is 18.2 Å². The molecule has 0 aliphatic carbocycles. The second-order valence-corrected chi connectivity index (χ2v) is 5.28. The van der Waals surface area contributed by atoms with Gasteiger partial charge in [0.15, 0.2) is 0 Å². The van der Waals surface area contributed by atoms with Gasteiger partial charge < -0.3 is 14.2 Å². The average Bonchev–Trinajstić information content (AvgIpc) is 2.54. The van der Waals surface area contributed by atoms with Gasteiger partial charge in [0.25, 0.3) is 0 Å². The van der Waals surface area contributed by atoms with Crippen LogP contribution in [0, 0.1) is 0 Å². The molecule has 1 atom stereocenters. The van der Waals surface area contributed by atoms with Crippen molar-refractivity contribution in [1.29, 1.82) is 0 Å². The minimum absolute atomic E-state index is 0.281. The molecule has 0 aliphatic heterocycles. The molecule has 4 heteroatoms. The molecule has 23 heavy (non-hydrogen) atoms. The van der Waals surface area contributed by atoms with Gasteiger partial charge in [0.1, 0.15) is 17.2 Å². The Morgan fingerprint density at radius 2 is 1.26 bits per heavy atom. The zero-order valence-corrected chi connectivity index (χ0v) is 15.6. The van der Waals surface area contributed by atoms with Gasteiger partial charge in [-0.2, -0.15) is 0 Å². The molecule has 0 saturated heterocycles. The van der Waals surface area contributed by atoms with Crippen LogP contribution in [0.1, 0.15) is 59.6 Å². The highest BCUT2D eigenvalue weighted by atomic mass is 16.5. The van der Waals surface area contributed by atoms with Crippen LogP contribution in [0.15, 0.2) is 12.1 Å². The summed E-state index contributed by atoms with van der Waals surface area (Å²) < 4.78 is 17.6. The third-order valence-corrected chi connectivity index (χ3v) is 3.96. The third-order valence-electron chi connectivity index (χ3n) is 3.96. The molecule has 0 spiro atoms. The van der Waals surface area contributed by atoms with Gasteiger partial charge in [-0.05, 0) is 40.3 Å². The molecule has 1 unspecified atom stereocenters. The summed E-state index contributed by atoms with van der Waals surface area (Å²) in [4.78, 5) is 2.45. The van der Waals surface area contributed by atoms with Crippen molar-refractivity contribution in [3.63, 3.8) is 0 Å². The molecule has 0 aliphatic rings.